The Morgan fingerprint density at radius 2 is 2.23 bits per heavy atom. The molecule has 1 heterocycles. The first-order valence-corrected chi connectivity index (χ1v) is 7.94. The van der Waals surface area contributed by atoms with Gasteiger partial charge >= 0.3 is 0 Å². The summed E-state index contributed by atoms with van der Waals surface area (Å²) in [5, 5.41) is 19.2. The highest BCUT2D eigenvalue weighted by Gasteiger charge is 2.27. The molecule has 5 heteroatoms. The minimum Gasteiger partial charge on any atom is -0.373 e. The standard InChI is InChI=1S/C17H15FN2OS/c1-11-7-12(8-19)5-6-13(11)9-20-15-4-2-3-14(18)17(15)22-10-16(20)21/h2-7,16,21H,9-10H2,1H3. The van der Waals surface area contributed by atoms with Crippen LogP contribution in [0.15, 0.2) is 41.3 Å². The fourth-order valence-corrected chi connectivity index (χ4v) is 3.63. The van der Waals surface area contributed by atoms with Crippen molar-refractivity contribution in [1.29, 1.82) is 5.26 Å². The molecule has 22 heavy (non-hydrogen) atoms. The molecule has 1 atom stereocenters. The third-order valence-corrected chi connectivity index (χ3v) is 4.96. The molecule has 0 bridgehead atoms. The minimum atomic E-state index is -0.658. The lowest BCUT2D eigenvalue weighted by atomic mass is 10.0. The van der Waals surface area contributed by atoms with Gasteiger partial charge in [0.1, 0.15) is 12.0 Å². The minimum absolute atomic E-state index is 0.254. The maximum absolute atomic E-state index is 13.9. The largest absolute Gasteiger partial charge is 0.373 e. The van der Waals surface area contributed by atoms with Crippen LogP contribution in [0.3, 0.4) is 0 Å². The number of benzene rings is 2. The van der Waals surface area contributed by atoms with Crippen LogP contribution >= 0.6 is 11.8 Å². The molecule has 1 N–H and O–H groups in total. The Hall–Kier alpha value is -2.03. The van der Waals surface area contributed by atoms with Gasteiger partial charge in [0.05, 0.1) is 22.2 Å². The number of thioether (sulfide) groups is 1. The lowest BCUT2D eigenvalue weighted by molar-refractivity contribution is 0.188. The zero-order valence-corrected chi connectivity index (χ0v) is 12.9. The molecule has 3 rings (SSSR count). The molecule has 0 saturated heterocycles. The van der Waals surface area contributed by atoms with E-state index in [1.807, 2.05) is 30.0 Å². The van der Waals surface area contributed by atoms with Gasteiger partial charge < -0.3 is 10.0 Å². The van der Waals surface area contributed by atoms with Crippen molar-refractivity contribution in [2.24, 2.45) is 0 Å². The Labute approximate surface area is 133 Å². The molecule has 1 aliphatic heterocycles. The lowest BCUT2D eigenvalue weighted by Gasteiger charge is -2.35. The third-order valence-electron chi connectivity index (χ3n) is 3.80. The Kier molecular flexibility index (Phi) is 4.06. The summed E-state index contributed by atoms with van der Waals surface area (Å²) in [6.45, 7) is 2.42. The smallest absolute Gasteiger partial charge is 0.138 e. The van der Waals surface area contributed by atoms with Gasteiger partial charge in [-0.15, -0.1) is 11.8 Å². The molecule has 0 amide bonds. The predicted molar refractivity (Wildman–Crippen MR) is 85.2 cm³/mol. The summed E-state index contributed by atoms with van der Waals surface area (Å²) >= 11 is 1.34. The van der Waals surface area contributed by atoms with Gasteiger partial charge in [-0.2, -0.15) is 5.26 Å². The highest BCUT2D eigenvalue weighted by Crippen LogP contribution is 2.39. The molecule has 1 unspecified atom stereocenters. The van der Waals surface area contributed by atoms with Crippen molar-refractivity contribution >= 4 is 17.4 Å². The maximum Gasteiger partial charge on any atom is 0.138 e. The predicted octanol–water partition coefficient (Wildman–Crippen LogP) is 3.44. The number of aliphatic hydroxyl groups excluding tert-OH is 1. The second-order valence-corrected chi connectivity index (χ2v) is 6.29. The van der Waals surface area contributed by atoms with Gasteiger partial charge in [0.25, 0.3) is 0 Å². The molecule has 0 aliphatic carbocycles. The van der Waals surface area contributed by atoms with Crippen molar-refractivity contribution in [3.05, 3.63) is 58.9 Å². The summed E-state index contributed by atoms with van der Waals surface area (Å²) in [6.07, 6.45) is -0.658. The Morgan fingerprint density at radius 3 is 2.95 bits per heavy atom. The summed E-state index contributed by atoms with van der Waals surface area (Å²) in [4.78, 5) is 2.39. The summed E-state index contributed by atoms with van der Waals surface area (Å²) in [5.41, 5.74) is 3.33. The van der Waals surface area contributed by atoms with Crippen LogP contribution in [0.4, 0.5) is 10.1 Å². The van der Waals surface area contributed by atoms with E-state index in [1.54, 1.807) is 12.1 Å². The Bertz CT molecular complexity index is 757. The van der Waals surface area contributed by atoms with E-state index >= 15 is 0 Å². The highest BCUT2D eigenvalue weighted by molar-refractivity contribution is 7.99. The summed E-state index contributed by atoms with van der Waals surface area (Å²) < 4.78 is 13.9. The van der Waals surface area contributed by atoms with Crippen LogP contribution in [0.1, 0.15) is 16.7 Å². The van der Waals surface area contributed by atoms with Crippen LogP contribution in [-0.2, 0) is 6.54 Å². The molecule has 0 fully saturated rings. The normalized spacial score (nSPS) is 17.0. The zero-order valence-electron chi connectivity index (χ0n) is 12.1. The highest BCUT2D eigenvalue weighted by atomic mass is 32.2. The summed E-state index contributed by atoms with van der Waals surface area (Å²) in [7, 11) is 0. The van der Waals surface area contributed by atoms with E-state index in [0.29, 0.717) is 28.4 Å². The Morgan fingerprint density at radius 1 is 1.41 bits per heavy atom. The summed E-state index contributed by atoms with van der Waals surface area (Å²) in [5.74, 6) is 0.180. The number of anilines is 1. The van der Waals surface area contributed by atoms with Crippen LogP contribution < -0.4 is 4.90 Å². The van der Waals surface area contributed by atoms with Crippen LogP contribution in [0.5, 0.6) is 0 Å². The molecule has 2 aromatic carbocycles. The van der Waals surface area contributed by atoms with Gasteiger partial charge in [0.15, 0.2) is 0 Å². The van der Waals surface area contributed by atoms with Gasteiger partial charge in [-0.25, -0.2) is 4.39 Å². The van der Waals surface area contributed by atoms with Gasteiger partial charge in [0, 0.05) is 12.3 Å². The van der Waals surface area contributed by atoms with E-state index in [1.165, 1.54) is 17.8 Å². The molecule has 0 saturated carbocycles. The van der Waals surface area contributed by atoms with Crippen LogP contribution in [0.2, 0.25) is 0 Å². The van der Waals surface area contributed by atoms with E-state index in [4.69, 9.17) is 5.26 Å². The Balaban J connectivity index is 1.96. The monoisotopic (exact) mass is 314 g/mol. The van der Waals surface area contributed by atoms with Crippen molar-refractivity contribution in [1.82, 2.24) is 0 Å². The SMILES string of the molecule is Cc1cc(C#N)ccc1CN1c2cccc(F)c2SCC1O. The first kappa shape index (κ1) is 14.9. The molecular weight excluding hydrogens is 299 g/mol. The van der Waals surface area contributed by atoms with Gasteiger partial charge in [0.2, 0.25) is 0 Å². The first-order valence-electron chi connectivity index (χ1n) is 6.96. The van der Waals surface area contributed by atoms with E-state index in [2.05, 4.69) is 6.07 Å². The number of aryl methyl sites for hydroxylation is 1. The van der Waals surface area contributed by atoms with E-state index < -0.39 is 6.23 Å². The molecular formula is C17H15FN2OS. The van der Waals surface area contributed by atoms with Crippen molar-refractivity contribution in [2.75, 3.05) is 10.7 Å². The average molecular weight is 314 g/mol. The van der Waals surface area contributed by atoms with Crippen molar-refractivity contribution in [3.63, 3.8) is 0 Å². The molecule has 0 spiro atoms. The van der Waals surface area contributed by atoms with Gasteiger partial charge in [-0.05, 0) is 42.3 Å². The fraction of sp³-hybridized carbons (Fsp3) is 0.235. The summed E-state index contributed by atoms with van der Waals surface area (Å²) in [6, 6.07) is 12.5. The second-order valence-electron chi connectivity index (χ2n) is 5.26. The number of halogens is 1. The number of hydrogen-bond acceptors (Lipinski definition) is 4. The molecule has 112 valence electrons. The molecule has 1 aliphatic rings. The number of rotatable bonds is 2. The number of fused-ring (bicyclic) bond motifs is 1. The van der Waals surface area contributed by atoms with Crippen LogP contribution in [0, 0.1) is 24.1 Å². The van der Waals surface area contributed by atoms with E-state index in [0.717, 1.165) is 11.1 Å². The van der Waals surface area contributed by atoms with Crippen molar-refractivity contribution in [2.45, 2.75) is 24.6 Å². The van der Waals surface area contributed by atoms with E-state index in [9.17, 15) is 9.50 Å². The topological polar surface area (TPSA) is 47.3 Å². The van der Waals surface area contributed by atoms with Crippen molar-refractivity contribution < 1.29 is 9.50 Å². The van der Waals surface area contributed by atoms with E-state index in [-0.39, 0.29) is 5.82 Å². The van der Waals surface area contributed by atoms with Gasteiger partial charge in [-0.1, -0.05) is 12.1 Å². The molecule has 0 aromatic heterocycles. The van der Waals surface area contributed by atoms with Gasteiger partial charge in [-0.3, -0.25) is 0 Å². The molecule has 2 aromatic rings. The number of nitrogens with zero attached hydrogens (tertiary/aromatic N) is 2. The maximum atomic E-state index is 13.9. The van der Waals surface area contributed by atoms with Crippen LogP contribution in [0.25, 0.3) is 0 Å². The average Bonchev–Trinajstić information content (AvgIpc) is 2.51. The number of nitriles is 1. The molecule has 0 radical (unpaired) electrons. The van der Waals surface area contributed by atoms with Crippen molar-refractivity contribution in [3.8, 4) is 6.07 Å². The quantitative estimate of drug-likeness (QED) is 0.922. The third kappa shape index (κ3) is 2.68. The lowest BCUT2D eigenvalue weighted by Crippen LogP contribution is -2.39. The fourth-order valence-electron chi connectivity index (χ4n) is 2.59. The second kappa shape index (κ2) is 5.99. The van der Waals surface area contributed by atoms with Crippen LogP contribution in [-0.4, -0.2) is 17.1 Å². The molecule has 3 nitrogen and oxygen atoms in total. The number of aliphatic hydroxyl groups is 1. The number of hydrogen-bond donors (Lipinski definition) is 1. The first-order chi connectivity index (χ1) is 10.6. The zero-order chi connectivity index (χ0) is 15.7.